The summed E-state index contributed by atoms with van der Waals surface area (Å²) in [5.74, 6) is 4.43. The number of thiazole rings is 1. The predicted molar refractivity (Wildman–Crippen MR) is 116 cm³/mol. The van der Waals surface area contributed by atoms with Gasteiger partial charge >= 0.3 is 0 Å². The minimum Gasteiger partial charge on any atom is -0.497 e. The van der Waals surface area contributed by atoms with Gasteiger partial charge in [-0.1, -0.05) is 19.3 Å². The molecule has 0 N–H and O–H groups in total. The first-order valence-corrected chi connectivity index (χ1v) is 11.8. The zero-order chi connectivity index (χ0) is 19.6. The Labute approximate surface area is 175 Å². The molecule has 3 aliphatic carbocycles. The lowest BCUT2D eigenvalue weighted by Crippen LogP contribution is -2.31. The summed E-state index contributed by atoms with van der Waals surface area (Å²) in [4.78, 5) is 6.29. The molecule has 0 saturated heterocycles. The average molecular weight is 409 g/mol. The fourth-order valence-corrected chi connectivity index (χ4v) is 7.55. The van der Waals surface area contributed by atoms with Gasteiger partial charge in [-0.05, 0) is 55.6 Å². The molecule has 3 aliphatic rings. The van der Waals surface area contributed by atoms with E-state index in [4.69, 9.17) is 14.5 Å². The van der Waals surface area contributed by atoms with Crippen molar-refractivity contribution in [2.45, 2.75) is 50.4 Å². The molecule has 3 fully saturated rings. The van der Waals surface area contributed by atoms with Crippen molar-refractivity contribution < 1.29 is 9.47 Å². The summed E-state index contributed by atoms with van der Waals surface area (Å²) < 4.78 is 13.3. The number of fused-ring (bicyclic) bond motifs is 3. The highest BCUT2D eigenvalue weighted by atomic mass is 32.1. The average Bonchev–Trinajstić information content (AvgIpc) is 3.36. The van der Waals surface area contributed by atoms with Gasteiger partial charge in [-0.15, -0.1) is 11.3 Å². The number of hydrogen-bond donors (Lipinski definition) is 0. The molecule has 0 radical (unpaired) electrons. The van der Waals surface area contributed by atoms with E-state index in [0.29, 0.717) is 5.41 Å². The van der Waals surface area contributed by atoms with Crippen LogP contribution >= 0.6 is 11.3 Å². The third-order valence-corrected chi connectivity index (χ3v) is 8.71. The van der Waals surface area contributed by atoms with Gasteiger partial charge < -0.3 is 9.47 Å². The van der Waals surface area contributed by atoms with Gasteiger partial charge in [0.1, 0.15) is 11.5 Å². The Hall–Kier alpha value is -2.01. The predicted octanol–water partition coefficient (Wildman–Crippen LogP) is 5.94. The highest BCUT2D eigenvalue weighted by Crippen LogP contribution is 2.60. The normalized spacial score (nSPS) is 30.6. The van der Waals surface area contributed by atoms with Gasteiger partial charge in [-0.3, -0.25) is 4.40 Å². The van der Waals surface area contributed by atoms with Gasteiger partial charge in [0.15, 0.2) is 4.96 Å². The first-order valence-electron chi connectivity index (χ1n) is 10.9. The molecule has 3 bridgehead atoms. The zero-order valence-electron chi connectivity index (χ0n) is 17.2. The van der Waals surface area contributed by atoms with Crippen LogP contribution in [0.1, 0.15) is 50.6 Å². The maximum atomic E-state index is 5.49. The van der Waals surface area contributed by atoms with Crippen molar-refractivity contribution in [2.24, 2.45) is 17.8 Å². The van der Waals surface area contributed by atoms with Crippen LogP contribution < -0.4 is 9.47 Å². The Morgan fingerprint density at radius 1 is 1.03 bits per heavy atom. The molecule has 4 nitrogen and oxygen atoms in total. The van der Waals surface area contributed by atoms with Gasteiger partial charge in [0, 0.05) is 28.6 Å². The number of hydrogen-bond acceptors (Lipinski definition) is 4. The lowest BCUT2D eigenvalue weighted by molar-refractivity contribution is 0.215. The summed E-state index contributed by atoms with van der Waals surface area (Å²) >= 11 is 1.73. The lowest BCUT2D eigenvalue weighted by atomic mass is 9.68. The third kappa shape index (κ3) is 2.73. The summed E-state index contributed by atoms with van der Waals surface area (Å²) in [5.41, 5.74) is 3.95. The lowest BCUT2D eigenvalue weighted by Gasteiger charge is -2.36. The van der Waals surface area contributed by atoms with Crippen LogP contribution in [0.15, 0.2) is 29.8 Å². The van der Waals surface area contributed by atoms with E-state index in [9.17, 15) is 0 Å². The maximum Gasteiger partial charge on any atom is 0.194 e. The monoisotopic (exact) mass is 408 g/mol. The Morgan fingerprint density at radius 3 is 2.62 bits per heavy atom. The molecule has 0 amide bonds. The number of methoxy groups -OCH3 is 2. The van der Waals surface area contributed by atoms with Crippen LogP contribution in [0.4, 0.5) is 0 Å². The van der Waals surface area contributed by atoms with Crippen molar-refractivity contribution in [3.63, 3.8) is 0 Å². The fraction of sp³-hybridized carbons (Fsp3) is 0.542. The molecule has 5 heteroatoms. The standard InChI is InChI=1S/C24H28N2O2S/c1-27-19-7-17(8-20(9-19)28-2)21-14-29-23-25-22(13-26(21)23)24-10-15-4-3-5-16(11-24)18(6-15)12-24/h7-9,13-16,18H,3-6,10-12H2,1-2H3. The molecule has 0 aliphatic heterocycles. The summed E-state index contributed by atoms with van der Waals surface area (Å²) in [7, 11) is 3.40. The zero-order valence-corrected chi connectivity index (χ0v) is 18.0. The van der Waals surface area contributed by atoms with Gasteiger partial charge in [0.05, 0.1) is 25.6 Å². The first-order chi connectivity index (χ1) is 14.2. The number of ether oxygens (including phenoxy) is 2. The molecule has 152 valence electrons. The first kappa shape index (κ1) is 17.8. The van der Waals surface area contributed by atoms with Gasteiger partial charge in [-0.2, -0.15) is 0 Å². The van der Waals surface area contributed by atoms with E-state index >= 15 is 0 Å². The van der Waals surface area contributed by atoms with Crippen LogP contribution in [0.2, 0.25) is 0 Å². The largest absolute Gasteiger partial charge is 0.497 e. The van der Waals surface area contributed by atoms with Gasteiger partial charge in [0.2, 0.25) is 0 Å². The van der Waals surface area contributed by atoms with Crippen LogP contribution in [-0.4, -0.2) is 23.6 Å². The van der Waals surface area contributed by atoms with E-state index in [1.54, 1.807) is 25.6 Å². The summed E-state index contributed by atoms with van der Waals surface area (Å²) in [5, 5.41) is 2.20. The van der Waals surface area contributed by atoms with Gasteiger partial charge in [-0.25, -0.2) is 4.98 Å². The van der Waals surface area contributed by atoms with Crippen molar-refractivity contribution in [3.05, 3.63) is 35.5 Å². The number of imidazole rings is 1. The van der Waals surface area contributed by atoms with Crippen molar-refractivity contribution >= 4 is 16.3 Å². The van der Waals surface area contributed by atoms with Gasteiger partial charge in [0.25, 0.3) is 0 Å². The fourth-order valence-electron chi connectivity index (χ4n) is 6.67. The molecule has 1 aromatic carbocycles. The second kappa shape index (κ2) is 6.49. The van der Waals surface area contributed by atoms with Crippen LogP contribution in [0.3, 0.4) is 0 Å². The summed E-state index contributed by atoms with van der Waals surface area (Å²) in [6, 6.07) is 6.09. The third-order valence-electron chi connectivity index (χ3n) is 7.87. The number of rotatable bonds is 4. The van der Waals surface area contributed by atoms with Crippen LogP contribution in [0, 0.1) is 17.8 Å². The molecule has 3 saturated carbocycles. The Kier molecular flexibility index (Phi) is 3.99. The topological polar surface area (TPSA) is 35.8 Å². The smallest absolute Gasteiger partial charge is 0.194 e. The van der Waals surface area contributed by atoms with Crippen molar-refractivity contribution in [3.8, 4) is 22.8 Å². The second-order valence-electron chi connectivity index (χ2n) is 9.45. The van der Waals surface area contributed by atoms with Crippen molar-refractivity contribution in [2.75, 3.05) is 14.2 Å². The van der Waals surface area contributed by atoms with E-state index < -0.39 is 0 Å². The van der Waals surface area contributed by atoms with E-state index in [2.05, 4.69) is 28.1 Å². The molecule has 6 rings (SSSR count). The Morgan fingerprint density at radius 2 is 1.83 bits per heavy atom. The minimum absolute atomic E-state index is 0.327. The van der Waals surface area contributed by atoms with Crippen LogP contribution in [0.5, 0.6) is 11.5 Å². The number of nitrogens with zero attached hydrogens (tertiary/aromatic N) is 2. The molecule has 2 heterocycles. The molecular formula is C24H28N2O2S. The highest BCUT2D eigenvalue weighted by molar-refractivity contribution is 7.15. The minimum atomic E-state index is 0.327. The van der Waals surface area contributed by atoms with E-state index in [0.717, 1.165) is 39.8 Å². The maximum absolute atomic E-state index is 5.49. The molecule has 2 aromatic heterocycles. The van der Waals surface area contributed by atoms with E-state index in [1.807, 2.05) is 6.07 Å². The number of benzene rings is 1. The van der Waals surface area contributed by atoms with Crippen molar-refractivity contribution in [1.29, 1.82) is 0 Å². The van der Waals surface area contributed by atoms with Crippen LogP contribution in [0.25, 0.3) is 16.2 Å². The summed E-state index contributed by atoms with van der Waals surface area (Å²) in [6.07, 6.45) is 12.2. The highest BCUT2D eigenvalue weighted by Gasteiger charge is 2.53. The molecule has 4 unspecified atom stereocenters. The molecular weight excluding hydrogens is 380 g/mol. The van der Waals surface area contributed by atoms with Crippen LogP contribution in [-0.2, 0) is 5.41 Å². The van der Waals surface area contributed by atoms with E-state index in [-0.39, 0.29) is 0 Å². The Balaban J connectivity index is 1.43. The number of aromatic nitrogens is 2. The molecule has 29 heavy (non-hydrogen) atoms. The van der Waals surface area contributed by atoms with Crippen molar-refractivity contribution in [1.82, 2.24) is 9.38 Å². The second-order valence-corrected chi connectivity index (χ2v) is 10.3. The van der Waals surface area contributed by atoms with E-state index in [1.165, 1.54) is 56.3 Å². The molecule has 4 atom stereocenters. The SMILES string of the molecule is COc1cc(OC)cc(-c2csc3nc(C45CC6CCCC(C4)C(C6)C5)cn23)c1. The molecule has 3 aromatic rings. The Bertz CT molecular complexity index is 1040. The quantitative estimate of drug-likeness (QED) is 0.536. The summed E-state index contributed by atoms with van der Waals surface area (Å²) in [6.45, 7) is 0. The molecule has 0 spiro atoms.